The number of nitrogens with zero attached hydrogens (tertiary/aromatic N) is 1. The zero-order valence-electron chi connectivity index (χ0n) is 11.6. The molecule has 0 radical (unpaired) electrons. The Bertz CT molecular complexity index is 180. The summed E-state index contributed by atoms with van der Waals surface area (Å²) in [5.74, 6) is 0.929. The molecule has 1 N–H and O–H groups in total. The first-order chi connectivity index (χ1) is 7.63. The van der Waals surface area contributed by atoms with Crippen LogP contribution in [-0.4, -0.2) is 36.6 Å². The van der Waals surface area contributed by atoms with Crippen molar-refractivity contribution in [2.24, 2.45) is 5.92 Å². The molecule has 2 atom stereocenters. The highest BCUT2D eigenvalue weighted by Crippen LogP contribution is 2.23. The topological polar surface area (TPSA) is 15.3 Å². The molecule has 2 nitrogen and oxygen atoms in total. The Balaban J connectivity index is 2.14. The summed E-state index contributed by atoms with van der Waals surface area (Å²) in [6.45, 7) is 12.7. The average Bonchev–Trinajstić information content (AvgIpc) is 2.24. The Morgan fingerprint density at radius 2 is 2.06 bits per heavy atom. The van der Waals surface area contributed by atoms with Crippen LogP contribution in [0.25, 0.3) is 0 Å². The minimum atomic E-state index is 0.678. The first kappa shape index (κ1) is 14.0. The average molecular weight is 226 g/mol. The van der Waals surface area contributed by atoms with E-state index < -0.39 is 0 Å². The zero-order valence-corrected chi connectivity index (χ0v) is 11.6. The molecule has 1 aliphatic carbocycles. The Morgan fingerprint density at radius 3 is 2.62 bits per heavy atom. The molecule has 1 rings (SSSR count). The van der Waals surface area contributed by atoms with E-state index in [1.165, 1.54) is 38.8 Å². The second-order valence-electron chi connectivity index (χ2n) is 5.65. The van der Waals surface area contributed by atoms with Gasteiger partial charge in [-0.15, -0.1) is 0 Å². The van der Waals surface area contributed by atoms with Gasteiger partial charge in [0.2, 0.25) is 0 Å². The summed E-state index contributed by atoms with van der Waals surface area (Å²) in [7, 11) is 0. The fraction of sp³-hybridized carbons (Fsp3) is 1.00. The summed E-state index contributed by atoms with van der Waals surface area (Å²) in [5.41, 5.74) is 0. The van der Waals surface area contributed by atoms with Crippen molar-refractivity contribution >= 4 is 0 Å². The number of hydrogen-bond acceptors (Lipinski definition) is 2. The molecule has 16 heavy (non-hydrogen) atoms. The molecule has 96 valence electrons. The predicted octanol–water partition coefficient (Wildman–Crippen LogP) is 2.89. The molecule has 0 aromatic carbocycles. The highest BCUT2D eigenvalue weighted by atomic mass is 15.2. The van der Waals surface area contributed by atoms with Crippen LogP contribution in [0.2, 0.25) is 0 Å². The molecule has 0 aromatic heterocycles. The number of hydrogen-bond donors (Lipinski definition) is 1. The van der Waals surface area contributed by atoms with Crippen LogP contribution >= 0.6 is 0 Å². The van der Waals surface area contributed by atoms with Crippen LogP contribution in [-0.2, 0) is 0 Å². The van der Waals surface area contributed by atoms with Crippen LogP contribution < -0.4 is 5.32 Å². The summed E-state index contributed by atoms with van der Waals surface area (Å²) < 4.78 is 0. The van der Waals surface area contributed by atoms with Gasteiger partial charge >= 0.3 is 0 Å². The summed E-state index contributed by atoms with van der Waals surface area (Å²) in [6.07, 6.45) is 5.62. The molecule has 0 amide bonds. The van der Waals surface area contributed by atoms with Gasteiger partial charge in [0.05, 0.1) is 0 Å². The quantitative estimate of drug-likeness (QED) is 0.749. The SMILES string of the molecule is CCN(CCNC1CCCC(C)C1)C(C)C. The van der Waals surface area contributed by atoms with Gasteiger partial charge in [0, 0.05) is 25.2 Å². The predicted molar refractivity (Wildman–Crippen MR) is 71.8 cm³/mol. The van der Waals surface area contributed by atoms with Crippen LogP contribution in [0.15, 0.2) is 0 Å². The highest BCUT2D eigenvalue weighted by molar-refractivity contribution is 4.76. The van der Waals surface area contributed by atoms with Crippen molar-refractivity contribution in [3.8, 4) is 0 Å². The maximum absolute atomic E-state index is 3.73. The van der Waals surface area contributed by atoms with Gasteiger partial charge in [0.15, 0.2) is 0 Å². The van der Waals surface area contributed by atoms with E-state index in [0.717, 1.165) is 18.5 Å². The van der Waals surface area contributed by atoms with Gasteiger partial charge in [-0.3, -0.25) is 4.90 Å². The van der Waals surface area contributed by atoms with Crippen LogP contribution in [0.4, 0.5) is 0 Å². The maximum Gasteiger partial charge on any atom is 0.0110 e. The summed E-state index contributed by atoms with van der Waals surface area (Å²) in [5, 5.41) is 3.73. The van der Waals surface area contributed by atoms with Gasteiger partial charge < -0.3 is 5.32 Å². The molecule has 0 aromatic rings. The van der Waals surface area contributed by atoms with Crippen molar-refractivity contribution in [3.05, 3.63) is 0 Å². The number of nitrogens with one attached hydrogen (secondary N) is 1. The third kappa shape index (κ3) is 4.84. The molecule has 1 fully saturated rings. The largest absolute Gasteiger partial charge is 0.313 e. The first-order valence-electron chi connectivity index (χ1n) is 7.11. The standard InChI is InChI=1S/C14H30N2/c1-5-16(12(2)3)10-9-15-14-8-6-7-13(4)11-14/h12-15H,5-11H2,1-4H3. The molecular weight excluding hydrogens is 196 g/mol. The third-order valence-electron chi connectivity index (χ3n) is 3.90. The van der Waals surface area contributed by atoms with Crippen LogP contribution in [0.5, 0.6) is 0 Å². The third-order valence-corrected chi connectivity index (χ3v) is 3.90. The van der Waals surface area contributed by atoms with Crippen LogP contribution in [0.3, 0.4) is 0 Å². The number of likely N-dealkylation sites (N-methyl/N-ethyl adjacent to an activating group) is 1. The fourth-order valence-electron chi connectivity index (χ4n) is 2.81. The summed E-state index contributed by atoms with van der Waals surface area (Å²) in [6, 6.07) is 1.46. The van der Waals surface area contributed by atoms with Gasteiger partial charge in [0.1, 0.15) is 0 Å². The van der Waals surface area contributed by atoms with Crippen LogP contribution in [0, 0.1) is 5.92 Å². The highest BCUT2D eigenvalue weighted by Gasteiger charge is 2.18. The van der Waals surface area contributed by atoms with E-state index in [1.54, 1.807) is 0 Å². The fourth-order valence-corrected chi connectivity index (χ4v) is 2.81. The number of rotatable bonds is 6. The molecule has 0 spiro atoms. The lowest BCUT2D eigenvalue weighted by molar-refractivity contribution is 0.221. The lowest BCUT2D eigenvalue weighted by atomic mass is 9.87. The molecule has 0 bridgehead atoms. The van der Waals surface area contributed by atoms with Gasteiger partial charge in [-0.2, -0.15) is 0 Å². The Morgan fingerprint density at radius 1 is 1.31 bits per heavy atom. The maximum atomic E-state index is 3.73. The van der Waals surface area contributed by atoms with E-state index in [-0.39, 0.29) is 0 Å². The second kappa shape index (κ2) is 7.29. The van der Waals surface area contributed by atoms with E-state index in [4.69, 9.17) is 0 Å². The summed E-state index contributed by atoms with van der Waals surface area (Å²) in [4.78, 5) is 2.53. The lowest BCUT2D eigenvalue weighted by Gasteiger charge is -2.30. The normalized spacial score (nSPS) is 26.6. The van der Waals surface area contributed by atoms with Crippen molar-refractivity contribution in [1.29, 1.82) is 0 Å². The molecule has 1 aliphatic rings. The van der Waals surface area contributed by atoms with Gasteiger partial charge in [-0.25, -0.2) is 0 Å². The first-order valence-corrected chi connectivity index (χ1v) is 7.11. The van der Waals surface area contributed by atoms with E-state index >= 15 is 0 Å². The van der Waals surface area contributed by atoms with E-state index in [9.17, 15) is 0 Å². The molecule has 0 aliphatic heterocycles. The van der Waals surface area contributed by atoms with E-state index in [2.05, 4.69) is 37.9 Å². The monoisotopic (exact) mass is 226 g/mol. The van der Waals surface area contributed by atoms with Crippen molar-refractivity contribution in [2.45, 2.75) is 65.5 Å². The van der Waals surface area contributed by atoms with Gasteiger partial charge in [-0.05, 0) is 39.2 Å². The Kier molecular flexibility index (Phi) is 6.37. The Hall–Kier alpha value is -0.0800. The minimum absolute atomic E-state index is 0.678. The Labute approximate surface area is 102 Å². The molecule has 2 unspecified atom stereocenters. The minimum Gasteiger partial charge on any atom is -0.313 e. The van der Waals surface area contributed by atoms with Crippen molar-refractivity contribution < 1.29 is 0 Å². The van der Waals surface area contributed by atoms with Crippen molar-refractivity contribution in [3.63, 3.8) is 0 Å². The van der Waals surface area contributed by atoms with Gasteiger partial charge in [-0.1, -0.05) is 26.7 Å². The summed E-state index contributed by atoms with van der Waals surface area (Å²) >= 11 is 0. The smallest absolute Gasteiger partial charge is 0.0110 e. The molecule has 0 heterocycles. The van der Waals surface area contributed by atoms with Crippen LogP contribution in [0.1, 0.15) is 53.4 Å². The molecule has 1 saturated carbocycles. The second-order valence-corrected chi connectivity index (χ2v) is 5.65. The van der Waals surface area contributed by atoms with E-state index in [0.29, 0.717) is 6.04 Å². The van der Waals surface area contributed by atoms with Gasteiger partial charge in [0.25, 0.3) is 0 Å². The van der Waals surface area contributed by atoms with E-state index in [1.807, 2.05) is 0 Å². The molecule has 2 heteroatoms. The van der Waals surface area contributed by atoms with Crippen molar-refractivity contribution in [2.75, 3.05) is 19.6 Å². The zero-order chi connectivity index (χ0) is 12.0. The van der Waals surface area contributed by atoms with Crippen molar-refractivity contribution in [1.82, 2.24) is 10.2 Å². The molecule has 0 saturated heterocycles. The molecular formula is C14H30N2. The lowest BCUT2D eigenvalue weighted by Crippen LogP contribution is -2.41.